The van der Waals surface area contributed by atoms with Crippen LogP contribution in [0.25, 0.3) is 5.13 Å². The third kappa shape index (κ3) is 3.04. The first-order valence-electron chi connectivity index (χ1n) is 6.81. The molecule has 0 radical (unpaired) electrons. The van der Waals surface area contributed by atoms with Crippen molar-refractivity contribution in [2.75, 3.05) is 13.1 Å². The van der Waals surface area contributed by atoms with Gasteiger partial charge in [-0.1, -0.05) is 13.8 Å². The van der Waals surface area contributed by atoms with Crippen molar-refractivity contribution >= 4 is 11.3 Å². The van der Waals surface area contributed by atoms with Gasteiger partial charge < -0.3 is 5.32 Å². The van der Waals surface area contributed by atoms with Crippen molar-refractivity contribution in [1.82, 2.24) is 20.1 Å². The summed E-state index contributed by atoms with van der Waals surface area (Å²) in [4.78, 5) is 4.34. The first kappa shape index (κ1) is 14.2. The van der Waals surface area contributed by atoms with Gasteiger partial charge in [0.25, 0.3) is 0 Å². The molecule has 1 atom stereocenters. The van der Waals surface area contributed by atoms with Gasteiger partial charge in [-0.25, -0.2) is 9.67 Å². The molecule has 4 nitrogen and oxygen atoms in total. The van der Waals surface area contributed by atoms with Gasteiger partial charge in [0.2, 0.25) is 5.13 Å². The molecule has 0 amide bonds. The summed E-state index contributed by atoms with van der Waals surface area (Å²) < 4.78 is 1.96. The highest BCUT2D eigenvalue weighted by Gasteiger charge is 2.18. The van der Waals surface area contributed by atoms with Crippen molar-refractivity contribution in [3.8, 4) is 5.13 Å². The fourth-order valence-corrected chi connectivity index (χ4v) is 3.11. The maximum absolute atomic E-state index is 4.64. The van der Waals surface area contributed by atoms with Crippen molar-refractivity contribution in [3.63, 3.8) is 0 Å². The van der Waals surface area contributed by atoms with Crippen LogP contribution in [-0.4, -0.2) is 27.9 Å². The Balaban J connectivity index is 2.22. The molecule has 0 aliphatic heterocycles. The van der Waals surface area contributed by atoms with Gasteiger partial charge in [-0.2, -0.15) is 5.10 Å². The van der Waals surface area contributed by atoms with Crippen molar-refractivity contribution in [1.29, 1.82) is 0 Å². The Labute approximate surface area is 118 Å². The summed E-state index contributed by atoms with van der Waals surface area (Å²) in [6, 6.07) is 0. The standard InChI is InChI=1S/C14H22N4S/c1-5-6-15-9-10(2)13-11(3)17-18(12(13)4)14-16-7-8-19-14/h7-8,10,15H,5-6,9H2,1-4H3. The number of hydrogen-bond acceptors (Lipinski definition) is 4. The molecule has 2 aromatic rings. The first-order valence-corrected chi connectivity index (χ1v) is 7.69. The summed E-state index contributed by atoms with van der Waals surface area (Å²) in [5, 5.41) is 11.0. The lowest BCUT2D eigenvalue weighted by Crippen LogP contribution is -2.21. The average Bonchev–Trinajstić information content (AvgIpc) is 2.98. The van der Waals surface area contributed by atoms with Gasteiger partial charge in [0.15, 0.2) is 0 Å². The fourth-order valence-electron chi connectivity index (χ4n) is 2.47. The molecule has 0 fully saturated rings. The van der Waals surface area contributed by atoms with E-state index < -0.39 is 0 Å². The molecule has 0 aliphatic rings. The Morgan fingerprint density at radius 3 is 2.84 bits per heavy atom. The minimum absolute atomic E-state index is 0.472. The third-order valence-electron chi connectivity index (χ3n) is 3.32. The second-order valence-electron chi connectivity index (χ2n) is 4.92. The molecule has 1 unspecified atom stereocenters. The Morgan fingerprint density at radius 1 is 1.42 bits per heavy atom. The fraction of sp³-hybridized carbons (Fsp3) is 0.571. The van der Waals surface area contributed by atoms with Crippen LogP contribution in [0, 0.1) is 13.8 Å². The van der Waals surface area contributed by atoms with Gasteiger partial charge in [-0.15, -0.1) is 11.3 Å². The van der Waals surface area contributed by atoms with Crippen LogP contribution in [0.4, 0.5) is 0 Å². The second kappa shape index (κ2) is 6.30. The molecule has 2 aromatic heterocycles. The number of aromatic nitrogens is 3. The summed E-state index contributed by atoms with van der Waals surface area (Å²) in [7, 11) is 0. The zero-order valence-electron chi connectivity index (χ0n) is 12.1. The molecule has 0 aromatic carbocycles. The van der Waals surface area contributed by atoms with E-state index in [2.05, 4.69) is 43.1 Å². The van der Waals surface area contributed by atoms with E-state index >= 15 is 0 Å². The number of nitrogens with zero attached hydrogens (tertiary/aromatic N) is 3. The maximum Gasteiger partial charge on any atom is 0.210 e. The molecule has 19 heavy (non-hydrogen) atoms. The molecular formula is C14H22N4S. The van der Waals surface area contributed by atoms with E-state index in [4.69, 9.17) is 0 Å². The molecule has 0 bridgehead atoms. The SMILES string of the molecule is CCCNCC(C)c1c(C)nn(-c2nccs2)c1C. The van der Waals surface area contributed by atoms with Crippen molar-refractivity contribution < 1.29 is 0 Å². The van der Waals surface area contributed by atoms with Crippen molar-refractivity contribution in [3.05, 3.63) is 28.5 Å². The number of aryl methyl sites for hydroxylation is 1. The normalized spacial score (nSPS) is 12.8. The van der Waals surface area contributed by atoms with E-state index in [1.807, 2.05) is 16.3 Å². The number of thiazole rings is 1. The summed E-state index contributed by atoms with van der Waals surface area (Å²) in [5.41, 5.74) is 3.66. The van der Waals surface area contributed by atoms with Gasteiger partial charge in [0.1, 0.15) is 0 Å². The minimum atomic E-state index is 0.472. The Bertz CT molecular complexity index is 516. The van der Waals surface area contributed by atoms with Crippen LogP contribution >= 0.6 is 11.3 Å². The molecular weight excluding hydrogens is 256 g/mol. The highest BCUT2D eigenvalue weighted by Crippen LogP contribution is 2.25. The van der Waals surface area contributed by atoms with Gasteiger partial charge in [-0.3, -0.25) is 0 Å². The summed E-state index contributed by atoms with van der Waals surface area (Å²) in [6.45, 7) is 10.7. The Kier molecular flexibility index (Phi) is 4.71. The predicted octanol–water partition coefficient (Wildman–Crippen LogP) is 3.05. The predicted molar refractivity (Wildman–Crippen MR) is 80.3 cm³/mol. The van der Waals surface area contributed by atoms with Crippen LogP contribution in [0.5, 0.6) is 0 Å². The van der Waals surface area contributed by atoms with Gasteiger partial charge in [0, 0.05) is 29.4 Å². The Morgan fingerprint density at radius 2 is 2.21 bits per heavy atom. The molecule has 2 rings (SSSR count). The lowest BCUT2D eigenvalue weighted by Gasteiger charge is -2.13. The average molecular weight is 278 g/mol. The van der Waals surface area contributed by atoms with E-state index in [0.717, 1.165) is 23.9 Å². The molecule has 0 aliphatic carbocycles. The van der Waals surface area contributed by atoms with E-state index in [1.54, 1.807) is 11.3 Å². The minimum Gasteiger partial charge on any atom is -0.316 e. The lowest BCUT2D eigenvalue weighted by molar-refractivity contribution is 0.605. The van der Waals surface area contributed by atoms with E-state index in [0.29, 0.717) is 5.92 Å². The maximum atomic E-state index is 4.64. The van der Waals surface area contributed by atoms with Gasteiger partial charge >= 0.3 is 0 Å². The van der Waals surface area contributed by atoms with Crippen LogP contribution in [0.2, 0.25) is 0 Å². The molecule has 5 heteroatoms. The summed E-state index contributed by atoms with van der Waals surface area (Å²) in [5.74, 6) is 0.472. The van der Waals surface area contributed by atoms with Crippen molar-refractivity contribution in [2.45, 2.75) is 40.0 Å². The summed E-state index contributed by atoms with van der Waals surface area (Å²) >= 11 is 1.62. The van der Waals surface area contributed by atoms with E-state index in [1.165, 1.54) is 17.7 Å². The van der Waals surface area contributed by atoms with Crippen LogP contribution in [-0.2, 0) is 0 Å². The Hall–Kier alpha value is -1.20. The molecule has 0 saturated heterocycles. The first-order chi connectivity index (χ1) is 9.15. The van der Waals surface area contributed by atoms with Gasteiger partial charge in [0.05, 0.1) is 5.69 Å². The molecule has 0 spiro atoms. The van der Waals surface area contributed by atoms with Crippen LogP contribution in [0.3, 0.4) is 0 Å². The van der Waals surface area contributed by atoms with Gasteiger partial charge in [-0.05, 0) is 32.7 Å². The summed E-state index contributed by atoms with van der Waals surface area (Å²) in [6.07, 6.45) is 2.99. The highest BCUT2D eigenvalue weighted by molar-refractivity contribution is 7.12. The molecule has 104 valence electrons. The van der Waals surface area contributed by atoms with Crippen LogP contribution < -0.4 is 5.32 Å². The number of nitrogens with one attached hydrogen (secondary N) is 1. The number of rotatable bonds is 6. The van der Waals surface area contributed by atoms with E-state index in [-0.39, 0.29) is 0 Å². The molecule has 0 saturated carbocycles. The number of hydrogen-bond donors (Lipinski definition) is 1. The van der Waals surface area contributed by atoms with E-state index in [9.17, 15) is 0 Å². The van der Waals surface area contributed by atoms with Crippen LogP contribution in [0.1, 0.15) is 43.1 Å². The topological polar surface area (TPSA) is 42.7 Å². The molecule has 2 heterocycles. The third-order valence-corrected chi connectivity index (χ3v) is 4.06. The zero-order chi connectivity index (χ0) is 13.8. The molecule has 1 N–H and O–H groups in total. The quantitative estimate of drug-likeness (QED) is 0.826. The second-order valence-corrected chi connectivity index (χ2v) is 5.79. The largest absolute Gasteiger partial charge is 0.316 e. The zero-order valence-corrected chi connectivity index (χ0v) is 12.9. The monoisotopic (exact) mass is 278 g/mol. The smallest absolute Gasteiger partial charge is 0.210 e. The highest BCUT2D eigenvalue weighted by atomic mass is 32.1. The lowest BCUT2D eigenvalue weighted by atomic mass is 9.99. The van der Waals surface area contributed by atoms with Crippen LogP contribution in [0.15, 0.2) is 11.6 Å². The van der Waals surface area contributed by atoms with Crippen molar-refractivity contribution in [2.24, 2.45) is 0 Å².